The van der Waals surface area contributed by atoms with Crippen molar-refractivity contribution in [3.63, 3.8) is 0 Å². The lowest BCUT2D eigenvalue weighted by Crippen LogP contribution is -2.27. The van der Waals surface area contributed by atoms with Gasteiger partial charge in [-0.15, -0.1) is 0 Å². The largest absolute Gasteiger partial charge is 0.366 e. The summed E-state index contributed by atoms with van der Waals surface area (Å²) in [4.78, 5) is 8.34. The van der Waals surface area contributed by atoms with Crippen molar-refractivity contribution in [2.75, 3.05) is 5.32 Å². The maximum Gasteiger partial charge on any atom is 0.140 e. The molecule has 0 fully saturated rings. The van der Waals surface area contributed by atoms with E-state index < -0.39 is 0 Å². The molecule has 1 unspecified atom stereocenters. The molecule has 1 aliphatic rings. The fourth-order valence-electron chi connectivity index (χ4n) is 2.91. The van der Waals surface area contributed by atoms with E-state index in [2.05, 4.69) is 25.5 Å². The highest BCUT2D eigenvalue weighted by Crippen LogP contribution is 2.26. The molecule has 0 radical (unpaired) electrons. The van der Waals surface area contributed by atoms with E-state index in [1.807, 2.05) is 6.20 Å². The van der Waals surface area contributed by atoms with Crippen molar-refractivity contribution in [2.45, 2.75) is 25.3 Å². The van der Waals surface area contributed by atoms with Crippen molar-refractivity contribution in [2.24, 2.45) is 0 Å². The minimum Gasteiger partial charge on any atom is -0.366 e. The van der Waals surface area contributed by atoms with E-state index in [4.69, 9.17) is 0 Å². The van der Waals surface area contributed by atoms with Crippen molar-refractivity contribution < 1.29 is 4.39 Å². The monoisotopic (exact) mass is 283 g/mol. The first kappa shape index (κ1) is 12.3. The minimum absolute atomic E-state index is 0.229. The summed E-state index contributed by atoms with van der Waals surface area (Å²) in [5.41, 5.74) is 3.04. The number of rotatable bonds is 2. The Morgan fingerprint density at radius 3 is 3.19 bits per heavy atom. The zero-order chi connectivity index (χ0) is 14.2. The van der Waals surface area contributed by atoms with Crippen molar-refractivity contribution >= 4 is 16.7 Å². The smallest absolute Gasteiger partial charge is 0.140 e. The number of hydrogen-bond donors (Lipinski definition) is 2. The molecular formula is C15H14FN5. The van der Waals surface area contributed by atoms with Crippen LogP contribution in [0.4, 0.5) is 10.2 Å². The number of nitrogens with one attached hydrogen (secondary N) is 2. The molecule has 21 heavy (non-hydrogen) atoms. The summed E-state index contributed by atoms with van der Waals surface area (Å²) in [6, 6.07) is 5.12. The molecule has 0 aliphatic heterocycles. The lowest BCUT2D eigenvalue weighted by molar-refractivity contribution is 0.601. The number of benzene rings is 1. The predicted octanol–water partition coefficient (Wildman–Crippen LogP) is 2.46. The van der Waals surface area contributed by atoms with E-state index in [-0.39, 0.29) is 11.9 Å². The fourth-order valence-corrected chi connectivity index (χ4v) is 2.91. The highest BCUT2D eigenvalue weighted by molar-refractivity contribution is 5.89. The molecule has 3 aromatic rings. The molecule has 106 valence electrons. The normalized spacial score (nSPS) is 17.7. The SMILES string of the molecule is Fc1cccc2ncnc(NC3CCc4[nH]ncc4C3)c12. The summed E-state index contributed by atoms with van der Waals surface area (Å²) < 4.78 is 14.1. The van der Waals surface area contributed by atoms with Crippen molar-refractivity contribution in [3.8, 4) is 0 Å². The van der Waals surface area contributed by atoms with Crippen LogP contribution in [0.2, 0.25) is 0 Å². The summed E-state index contributed by atoms with van der Waals surface area (Å²) in [6.45, 7) is 0. The van der Waals surface area contributed by atoms with Gasteiger partial charge in [-0.05, 0) is 37.0 Å². The number of halogens is 1. The van der Waals surface area contributed by atoms with Crippen molar-refractivity contribution in [3.05, 3.63) is 47.8 Å². The number of anilines is 1. The molecule has 0 amide bonds. The number of hydrogen-bond acceptors (Lipinski definition) is 4. The maximum atomic E-state index is 14.1. The Labute approximate surface area is 120 Å². The van der Waals surface area contributed by atoms with E-state index in [1.165, 1.54) is 23.7 Å². The Morgan fingerprint density at radius 2 is 2.24 bits per heavy atom. The fraction of sp³-hybridized carbons (Fsp3) is 0.267. The molecule has 1 aliphatic carbocycles. The van der Waals surface area contributed by atoms with Crippen LogP contribution >= 0.6 is 0 Å². The average molecular weight is 283 g/mol. The van der Waals surface area contributed by atoms with Gasteiger partial charge in [0.1, 0.15) is 18.0 Å². The number of aryl methyl sites for hydroxylation is 1. The zero-order valence-corrected chi connectivity index (χ0v) is 11.3. The zero-order valence-electron chi connectivity index (χ0n) is 11.3. The molecule has 0 saturated heterocycles. The molecule has 0 spiro atoms. The van der Waals surface area contributed by atoms with Crippen LogP contribution in [0, 0.1) is 5.82 Å². The molecular weight excluding hydrogens is 269 g/mol. The first-order valence-corrected chi connectivity index (χ1v) is 6.98. The molecule has 1 atom stereocenters. The number of nitrogens with zero attached hydrogens (tertiary/aromatic N) is 3. The maximum absolute atomic E-state index is 14.1. The molecule has 5 nitrogen and oxygen atoms in total. The molecule has 2 heterocycles. The van der Waals surface area contributed by atoms with Crippen LogP contribution in [0.3, 0.4) is 0 Å². The molecule has 6 heteroatoms. The average Bonchev–Trinajstić information content (AvgIpc) is 2.95. The van der Waals surface area contributed by atoms with Crippen LogP contribution in [0.25, 0.3) is 10.9 Å². The summed E-state index contributed by atoms with van der Waals surface area (Å²) >= 11 is 0. The Kier molecular flexibility index (Phi) is 2.80. The van der Waals surface area contributed by atoms with Crippen LogP contribution < -0.4 is 5.32 Å². The number of H-pyrrole nitrogens is 1. The van der Waals surface area contributed by atoms with Crippen molar-refractivity contribution in [1.82, 2.24) is 20.2 Å². The second-order valence-electron chi connectivity index (χ2n) is 5.31. The summed E-state index contributed by atoms with van der Waals surface area (Å²) in [5, 5.41) is 10.9. The van der Waals surface area contributed by atoms with Crippen molar-refractivity contribution in [1.29, 1.82) is 0 Å². The highest BCUT2D eigenvalue weighted by Gasteiger charge is 2.21. The Morgan fingerprint density at radius 1 is 1.29 bits per heavy atom. The number of aromatic nitrogens is 4. The van der Waals surface area contributed by atoms with E-state index >= 15 is 0 Å². The summed E-state index contributed by atoms with van der Waals surface area (Å²) in [5.74, 6) is 0.269. The summed E-state index contributed by atoms with van der Waals surface area (Å²) in [6.07, 6.45) is 6.11. The topological polar surface area (TPSA) is 66.5 Å². The third-order valence-corrected chi connectivity index (χ3v) is 3.97. The molecule has 0 saturated carbocycles. The third-order valence-electron chi connectivity index (χ3n) is 3.97. The van der Waals surface area contributed by atoms with Gasteiger partial charge < -0.3 is 5.32 Å². The van der Waals surface area contributed by atoms with Crippen LogP contribution in [0.5, 0.6) is 0 Å². The molecule has 0 bridgehead atoms. The standard InChI is InChI=1S/C15H14FN5/c16-11-2-1-3-13-14(11)15(18-8-17-13)20-10-4-5-12-9(6-10)7-19-21-12/h1-3,7-8,10H,4-6H2,(H,19,21)(H,17,18,20). The van der Waals surface area contributed by atoms with Crippen LogP contribution in [-0.2, 0) is 12.8 Å². The van der Waals surface area contributed by atoms with Gasteiger partial charge >= 0.3 is 0 Å². The van der Waals surface area contributed by atoms with E-state index in [1.54, 1.807) is 12.1 Å². The second kappa shape index (κ2) is 4.80. The lowest BCUT2D eigenvalue weighted by atomic mass is 9.93. The minimum atomic E-state index is -0.296. The molecule has 2 aromatic heterocycles. The van der Waals surface area contributed by atoms with Gasteiger partial charge in [-0.2, -0.15) is 5.10 Å². The number of fused-ring (bicyclic) bond motifs is 2. The Bertz CT molecular complexity index is 792. The van der Waals surface area contributed by atoms with Crippen LogP contribution in [0.15, 0.2) is 30.7 Å². The molecule has 1 aromatic carbocycles. The van der Waals surface area contributed by atoms with Gasteiger partial charge in [0.25, 0.3) is 0 Å². The quantitative estimate of drug-likeness (QED) is 0.758. The molecule has 4 rings (SSSR count). The summed E-state index contributed by atoms with van der Waals surface area (Å²) in [7, 11) is 0. The van der Waals surface area contributed by atoms with E-state index in [0.717, 1.165) is 19.3 Å². The third kappa shape index (κ3) is 2.12. The highest BCUT2D eigenvalue weighted by atomic mass is 19.1. The van der Waals surface area contributed by atoms with Gasteiger partial charge in [-0.1, -0.05) is 6.07 Å². The van der Waals surface area contributed by atoms with Gasteiger partial charge in [0.2, 0.25) is 0 Å². The Balaban J connectivity index is 1.66. The Hall–Kier alpha value is -2.50. The van der Waals surface area contributed by atoms with E-state index in [9.17, 15) is 4.39 Å². The van der Waals surface area contributed by atoms with E-state index in [0.29, 0.717) is 16.7 Å². The second-order valence-corrected chi connectivity index (χ2v) is 5.31. The van der Waals surface area contributed by atoms with Gasteiger partial charge in [-0.25, -0.2) is 14.4 Å². The predicted molar refractivity (Wildman–Crippen MR) is 77.5 cm³/mol. The lowest BCUT2D eigenvalue weighted by Gasteiger charge is -2.23. The van der Waals surface area contributed by atoms with Crippen LogP contribution in [0.1, 0.15) is 17.7 Å². The van der Waals surface area contributed by atoms with Crippen LogP contribution in [-0.4, -0.2) is 26.2 Å². The van der Waals surface area contributed by atoms with Gasteiger partial charge in [0.15, 0.2) is 0 Å². The first-order chi connectivity index (χ1) is 10.3. The number of aromatic amines is 1. The van der Waals surface area contributed by atoms with Gasteiger partial charge in [0, 0.05) is 11.7 Å². The van der Waals surface area contributed by atoms with Gasteiger partial charge in [-0.3, -0.25) is 5.10 Å². The first-order valence-electron chi connectivity index (χ1n) is 6.98. The van der Waals surface area contributed by atoms with Gasteiger partial charge in [0.05, 0.1) is 17.1 Å². The molecule has 2 N–H and O–H groups in total.